The zero-order valence-corrected chi connectivity index (χ0v) is 84.6. The first kappa shape index (κ1) is 109. The van der Waals surface area contributed by atoms with Crippen LogP contribution in [-0.4, -0.2) is 251 Å². The van der Waals surface area contributed by atoms with E-state index >= 15 is 0 Å². The van der Waals surface area contributed by atoms with Gasteiger partial charge >= 0.3 is 24.4 Å². The summed E-state index contributed by atoms with van der Waals surface area (Å²) in [5, 5.41) is 12.5. The Labute approximate surface area is 820 Å². The van der Waals surface area contributed by atoms with Crippen molar-refractivity contribution in [1.82, 2.24) is 63.0 Å². The van der Waals surface area contributed by atoms with E-state index in [0.29, 0.717) is 155 Å². The van der Waals surface area contributed by atoms with Crippen molar-refractivity contribution in [2.75, 3.05) is 95.4 Å². The maximum atomic E-state index is 14.3. The van der Waals surface area contributed by atoms with Crippen LogP contribution in [0.4, 0.5) is 48.1 Å². The number of carbonyl (C=O) groups excluding carboxylic acids is 4. The van der Waals surface area contributed by atoms with Crippen LogP contribution in [0, 0.1) is 23.3 Å². The van der Waals surface area contributed by atoms with Crippen molar-refractivity contribution in [1.29, 1.82) is 0 Å². The summed E-state index contributed by atoms with van der Waals surface area (Å²) in [6.07, 6.45) is 16.5. The molecule has 0 saturated carbocycles. The number of sulfonamides is 2. The molecule has 0 spiro atoms. The summed E-state index contributed by atoms with van der Waals surface area (Å²) in [4.78, 5) is 113. The van der Waals surface area contributed by atoms with Gasteiger partial charge in [-0.2, -0.15) is 8.42 Å². The number of hydrogen-bond acceptors (Lipinski definition) is 30. The van der Waals surface area contributed by atoms with E-state index in [2.05, 4.69) is 55.6 Å². The molecule has 13 heterocycles. The number of fused-ring (bicyclic) bond motifs is 3. The average Bonchev–Trinajstić information content (AvgIpc) is 0.780. The van der Waals surface area contributed by atoms with Crippen molar-refractivity contribution in [2.24, 2.45) is 0 Å². The van der Waals surface area contributed by atoms with Gasteiger partial charge in [0.25, 0.3) is 46.8 Å². The van der Waals surface area contributed by atoms with Crippen LogP contribution in [0.5, 0.6) is 29.0 Å². The van der Waals surface area contributed by atoms with Crippen LogP contribution < -0.4 is 55.1 Å². The Morgan fingerprint density at radius 1 is 0.411 bits per heavy atom. The van der Waals surface area contributed by atoms with Gasteiger partial charge < -0.3 is 72.7 Å². The summed E-state index contributed by atoms with van der Waals surface area (Å²) in [5.41, 5.74) is -0.251. The number of ether oxygens (including phenoxy) is 9. The number of aliphatic hydroxyl groups is 1. The summed E-state index contributed by atoms with van der Waals surface area (Å²) < 4.78 is 192. The Hall–Kier alpha value is -12.6. The maximum absolute atomic E-state index is 14.3. The van der Waals surface area contributed by atoms with Crippen LogP contribution in [0.3, 0.4) is 0 Å². The number of likely N-dealkylation sites (tertiary alicyclic amines) is 4. The smallest absolute Gasteiger partial charge is 0.410 e. The third-order valence-electron chi connectivity index (χ3n) is 21.5. The summed E-state index contributed by atoms with van der Waals surface area (Å²) in [7, 11) is -9.79. The zero-order chi connectivity index (χ0) is 103. The van der Waals surface area contributed by atoms with Crippen molar-refractivity contribution in [2.45, 2.75) is 210 Å². The normalized spacial score (nSPS) is 15.7. The Balaban J connectivity index is 0.000000178. The number of amides is 4. The van der Waals surface area contributed by atoms with Crippen molar-refractivity contribution < 1.29 is 114 Å². The molecule has 141 heavy (non-hydrogen) atoms. The number of rotatable bonds is 18. The van der Waals surface area contributed by atoms with E-state index < -0.39 is 97.3 Å². The summed E-state index contributed by atoms with van der Waals surface area (Å²) in [6.45, 7) is 27.5. The van der Waals surface area contributed by atoms with Crippen molar-refractivity contribution in [3.05, 3.63) is 193 Å². The fourth-order valence-corrected chi connectivity index (χ4v) is 18.0. The molecule has 4 amide bonds. The minimum absolute atomic E-state index is 0.0306. The Morgan fingerprint density at radius 3 is 1.04 bits per heavy atom. The number of hydrogen-bond donors (Lipinski definition) is 4. The highest BCUT2D eigenvalue weighted by molar-refractivity contribution is 9.10. The van der Waals surface area contributed by atoms with Gasteiger partial charge in [-0.05, 0) is 223 Å². The quantitative estimate of drug-likeness (QED) is 0.0352. The van der Waals surface area contributed by atoms with Crippen LogP contribution >= 0.6 is 15.9 Å². The molecule has 47 heteroatoms. The molecule has 10 aromatic rings. The summed E-state index contributed by atoms with van der Waals surface area (Å²) in [5.74, 6) is -4.13. The highest BCUT2D eigenvalue weighted by Crippen LogP contribution is 2.35. The molecule has 0 radical (unpaired) electrons. The Kier molecular flexibility index (Phi) is 35.8. The molecule has 764 valence electrons. The largest absolute Gasteiger partial charge is 0.483 e. The highest BCUT2D eigenvalue weighted by atomic mass is 79.9. The van der Waals surface area contributed by atoms with Gasteiger partial charge in [-0.3, -0.25) is 41.2 Å². The predicted octanol–water partition coefficient (Wildman–Crippen LogP) is 13.6. The van der Waals surface area contributed by atoms with E-state index in [1.807, 2.05) is 68.4 Å². The number of benzene rings is 2. The molecule has 0 unspecified atom stereocenters. The van der Waals surface area contributed by atoms with Gasteiger partial charge in [0, 0.05) is 148 Å². The third-order valence-corrected chi connectivity index (χ3v) is 25.4. The van der Waals surface area contributed by atoms with Crippen molar-refractivity contribution in [3.63, 3.8) is 0 Å². The second-order valence-electron chi connectivity index (χ2n) is 37.4. The number of carbonyl (C=O) groups is 4. The molecule has 0 atom stereocenters. The van der Waals surface area contributed by atoms with Gasteiger partial charge in [0.05, 0.1) is 51.3 Å². The van der Waals surface area contributed by atoms with E-state index in [9.17, 15) is 81.5 Å². The number of nitrogens with zero attached hydrogens (tertiary/aromatic N) is 12. The van der Waals surface area contributed by atoms with E-state index in [0.717, 1.165) is 60.9 Å². The minimum Gasteiger partial charge on any atom is -0.483 e. The topological polar surface area (TPSA) is 461 Å². The van der Waals surface area contributed by atoms with E-state index in [4.69, 9.17) is 46.8 Å². The number of aromatic nitrogens is 8. The van der Waals surface area contributed by atoms with Crippen LogP contribution in [0.1, 0.15) is 147 Å². The lowest BCUT2D eigenvalue weighted by Gasteiger charge is -2.33. The number of piperidine rings is 5. The molecule has 0 aliphatic carbocycles. The number of anilines is 2. The number of nitrogens with one attached hydrogen (secondary N) is 3. The van der Waals surface area contributed by atoms with Gasteiger partial charge in [-0.25, -0.2) is 78.5 Å². The monoisotopic (exact) mass is 2090 g/mol. The second kappa shape index (κ2) is 46.4. The molecular weight excluding hydrogens is 1980 g/mol. The third kappa shape index (κ3) is 31.5. The lowest BCUT2D eigenvalue weighted by atomic mass is 10.1. The molecule has 39 nitrogen and oxygen atoms in total. The number of aliphatic hydroxyl groups excluding tert-OH is 1. The van der Waals surface area contributed by atoms with Gasteiger partial charge in [0.15, 0.2) is 0 Å². The average molecular weight is 2090 g/mol. The molecule has 15 rings (SSSR count). The molecule has 5 saturated heterocycles. The molecular formula is C94H116BrF4N15O24S3. The first-order chi connectivity index (χ1) is 66.2. The molecule has 2 aromatic carbocycles. The van der Waals surface area contributed by atoms with Crippen LogP contribution in [0.25, 0.3) is 39.2 Å². The molecule has 4 N–H and O–H groups in total. The molecule has 5 aliphatic heterocycles. The SMILES string of the molecule is CC(C)(C)OC(=O)N1CCC(O)CC1.CC(C)(C)OC(=O)N1CCC(OS(C)(=O)=O)CC1.CC(C)(C)OC(=O)N1CCC(Oc2cnc3ccc(Br)cn3c2=O)CC1.COc1ncc(-c2ccc3ncc(OC4CCN(C(=O)OC(C)(C)C)CC4)c(=O)n3c2)cc1NS(=O)(=O)c1ccc(F)cc1F.COc1ncc(-c2ccc3ncc(OC4CCNCC4)c(=O)n3c2)cc1NS(=O)(=O)c1ccc(F)cc1F. The van der Waals surface area contributed by atoms with Gasteiger partial charge in [0.1, 0.15) is 102 Å². The molecule has 8 aromatic heterocycles. The fraction of sp³-hybridized carbons (Fsp3) is 0.468. The number of methoxy groups -OCH3 is 2. The van der Waals surface area contributed by atoms with E-state index in [1.165, 1.54) is 76.7 Å². The second-order valence-corrected chi connectivity index (χ2v) is 43.2. The first-order valence-electron chi connectivity index (χ1n) is 45.1. The van der Waals surface area contributed by atoms with Gasteiger partial charge in [0.2, 0.25) is 29.0 Å². The minimum atomic E-state index is -4.49. The van der Waals surface area contributed by atoms with Crippen LogP contribution in [0.15, 0.2) is 163 Å². The maximum Gasteiger partial charge on any atom is 0.410 e. The fourth-order valence-electron chi connectivity index (χ4n) is 14.7. The van der Waals surface area contributed by atoms with E-state index in [1.54, 1.807) is 83.1 Å². The molecule has 5 aliphatic rings. The van der Waals surface area contributed by atoms with E-state index in [-0.39, 0.29) is 100 Å². The zero-order valence-electron chi connectivity index (χ0n) is 80.5. The number of halogens is 5. The Bertz CT molecular complexity index is 6710. The summed E-state index contributed by atoms with van der Waals surface area (Å²) in [6, 6.07) is 17.2. The van der Waals surface area contributed by atoms with Crippen LogP contribution in [-0.2, 0) is 53.3 Å². The lowest BCUT2D eigenvalue weighted by Crippen LogP contribution is -2.44. The Morgan fingerprint density at radius 2 is 0.723 bits per heavy atom. The van der Waals surface area contributed by atoms with Crippen molar-refractivity contribution in [3.8, 4) is 51.3 Å². The van der Waals surface area contributed by atoms with Gasteiger partial charge in [-0.15, -0.1) is 0 Å². The van der Waals surface area contributed by atoms with Crippen molar-refractivity contribution >= 4 is 98.8 Å². The molecule has 0 bridgehead atoms. The van der Waals surface area contributed by atoms with Crippen LogP contribution in [0.2, 0.25) is 0 Å². The molecule has 5 fully saturated rings. The first-order valence-corrected chi connectivity index (χ1v) is 50.7. The number of pyridine rings is 5. The van der Waals surface area contributed by atoms with Gasteiger partial charge in [-0.1, -0.05) is 0 Å². The highest BCUT2D eigenvalue weighted by Gasteiger charge is 2.35. The standard InChI is InChI=1S/C30H31F2N5O7S.C25H23F2N5O5S.C18H22BrN3O4.C11H21NO5S.C10H19NO3/c1-30(2,3)44-29(39)36-11-9-21(10-12-36)43-24-16-33-26-8-5-18(17-37(26)28(24)38)19-13-23(27(42-4)34-15-19)35-45(40,41)25-7-6-20(31)14-22(25)32;1-36-24-20(31-38(34,35)22-4-3-17(26)11-19(22)27)10-16(12-30-24)15-2-5-23-29-13-21(25(33)32(23)14-15)37-18-6-8-28-9-7-18;1-18(2,3)26-17(24)21-8-6-13(7-9-21)25-14-10-20-15-5-4-12(19)11-22(15)16(14)23;1-11(2,3)16-10(13)12-7-5-9(6-8-12)17-18(4,14)15;1-10(2,3)14-9(13)11-6-4-8(12)5-7-11/h5-8,13-17,21,35H,9-12H2,1-4H3;2-5,10-14,18,28,31H,6-9H2,1H3;4-5,10-11,13H,6-9H2,1-3H3;9H,5-8H2,1-4H3;8,12H,4-7H2,1-3H3. The predicted molar refractivity (Wildman–Crippen MR) is 515 cm³/mol. The summed E-state index contributed by atoms with van der Waals surface area (Å²) >= 11 is 3.35. The lowest BCUT2D eigenvalue weighted by molar-refractivity contribution is 0.00929.